The van der Waals surface area contributed by atoms with Gasteiger partial charge in [0.15, 0.2) is 0 Å². The molecule has 0 aromatic heterocycles. The van der Waals surface area contributed by atoms with Crippen LogP contribution in [0.4, 0.5) is 0 Å². The normalized spacial score (nSPS) is 18.1. The van der Waals surface area contributed by atoms with Gasteiger partial charge in [-0.1, -0.05) is 25.0 Å². The highest BCUT2D eigenvalue weighted by atomic mass is 35.5. The SMILES string of the molecule is ClCc1ccc(OC2CCCCCC2)cc1. The first-order valence-electron chi connectivity index (χ1n) is 6.20. The summed E-state index contributed by atoms with van der Waals surface area (Å²) in [7, 11) is 0. The van der Waals surface area contributed by atoms with E-state index < -0.39 is 0 Å². The molecule has 2 heteroatoms. The molecule has 0 heterocycles. The van der Waals surface area contributed by atoms with E-state index >= 15 is 0 Å². The first-order valence-corrected chi connectivity index (χ1v) is 6.73. The predicted octanol–water partition coefficient (Wildman–Crippen LogP) is 4.53. The van der Waals surface area contributed by atoms with Crippen LogP contribution in [0.1, 0.15) is 44.1 Å². The van der Waals surface area contributed by atoms with Crippen molar-refractivity contribution < 1.29 is 4.74 Å². The average molecular weight is 239 g/mol. The van der Waals surface area contributed by atoms with Crippen LogP contribution < -0.4 is 4.74 Å². The monoisotopic (exact) mass is 238 g/mol. The van der Waals surface area contributed by atoms with Crippen LogP contribution in [0.25, 0.3) is 0 Å². The molecule has 1 nitrogen and oxygen atoms in total. The van der Waals surface area contributed by atoms with Gasteiger partial charge in [-0.05, 0) is 43.4 Å². The second-order valence-electron chi connectivity index (χ2n) is 4.51. The summed E-state index contributed by atoms with van der Waals surface area (Å²) in [5.41, 5.74) is 1.15. The molecular weight excluding hydrogens is 220 g/mol. The van der Waals surface area contributed by atoms with Gasteiger partial charge in [0.25, 0.3) is 0 Å². The molecule has 0 atom stereocenters. The number of ether oxygens (including phenoxy) is 1. The lowest BCUT2D eigenvalue weighted by atomic mass is 10.1. The number of hydrogen-bond acceptors (Lipinski definition) is 1. The third-order valence-corrected chi connectivity index (χ3v) is 3.49. The summed E-state index contributed by atoms with van der Waals surface area (Å²) in [6, 6.07) is 8.14. The number of alkyl halides is 1. The lowest BCUT2D eigenvalue weighted by molar-refractivity contribution is 0.183. The van der Waals surface area contributed by atoms with Crippen molar-refractivity contribution in [3.63, 3.8) is 0 Å². The molecule has 2 rings (SSSR count). The Hall–Kier alpha value is -0.690. The molecule has 0 N–H and O–H groups in total. The van der Waals surface area contributed by atoms with Crippen LogP contribution in [-0.2, 0) is 5.88 Å². The van der Waals surface area contributed by atoms with Crippen molar-refractivity contribution >= 4 is 11.6 Å². The van der Waals surface area contributed by atoms with E-state index in [1.165, 1.54) is 38.5 Å². The van der Waals surface area contributed by atoms with Gasteiger partial charge in [-0.2, -0.15) is 0 Å². The second kappa shape index (κ2) is 6.15. The van der Waals surface area contributed by atoms with Gasteiger partial charge in [-0.3, -0.25) is 0 Å². The molecule has 1 aliphatic rings. The van der Waals surface area contributed by atoms with Crippen molar-refractivity contribution in [3.8, 4) is 5.75 Å². The fourth-order valence-electron chi connectivity index (χ4n) is 2.21. The highest BCUT2D eigenvalue weighted by Gasteiger charge is 2.13. The molecule has 0 unspecified atom stereocenters. The number of halogens is 1. The van der Waals surface area contributed by atoms with Gasteiger partial charge in [0, 0.05) is 5.88 Å². The van der Waals surface area contributed by atoms with Crippen LogP contribution in [0.15, 0.2) is 24.3 Å². The van der Waals surface area contributed by atoms with Gasteiger partial charge in [0.1, 0.15) is 5.75 Å². The summed E-state index contributed by atoms with van der Waals surface area (Å²) in [4.78, 5) is 0. The van der Waals surface area contributed by atoms with E-state index in [1.54, 1.807) is 0 Å². The zero-order valence-electron chi connectivity index (χ0n) is 9.62. The maximum Gasteiger partial charge on any atom is 0.119 e. The summed E-state index contributed by atoms with van der Waals surface area (Å²) in [5.74, 6) is 1.56. The van der Waals surface area contributed by atoms with Crippen molar-refractivity contribution in [2.75, 3.05) is 0 Å². The fourth-order valence-corrected chi connectivity index (χ4v) is 2.39. The summed E-state index contributed by atoms with van der Waals surface area (Å²) < 4.78 is 5.99. The Morgan fingerprint density at radius 2 is 1.62 bits per heavy atom. The Morgan fingerprint density at radius 1 is 1.00 bits per heavy atom. The Labute approximate surface area is 103 Å². The zero-order chi connectivity index (χ0) is 11.2. The molecule has 0 saturated heterocycles. The lowest BCUT2D eigenvalue weighted by Gasteiger charge is -2.16. The molecular formula is C14H19ClO. The Bertz CT molecular complexity index is 299. The van der Waals surface area contributed by atoms with Crippen molar-refractivity contribution in [1.29, 1.82) is 0 Å². The van der Waals surface area contributed by atoms with Crippen LogP contribution in [0, 0.1) is 0 Å². The molecule has 0 aliphatic heterocycles. The molecule has 0 spiro atoms. The maximum atomic E-state index is 5.99. The van der Waals surface area contributed by atoms with E-state index in [0.717, 1.165) is 11.3 Å². The van der Waals surface area contributed by atoms with Gasteiger partial charge in [0.05, 0.1) is 6.10 Å². The molecule has 1 saturated carbocycles. The van der Waals surface area contributed by atoms with Gasteiger partial charge in [-0.15, -0.1) is 11.6 Å². The van der Waals surface area contributed by atoms with Gasteiger partial charge >= 0.3 is 0 Å². The first-order chi connectivity index (χ1) is 7.88. The largest absolute Gasteiger partial charge is 0.490 e. The summed E-state index contributed by atoms with van der Waals surface area (Å²) in [6.45, 7) is 0. The maximum absolute atomic E-state index is 5.99. The van der Waals surface area contributed by atoms with Crippen LogP contribution in [0.3, 0.4) is 0 Å². The van der Waals surface area contributed by atoms with Crippen molar-refractivity contribution in [1.82, 2.24) is 0 Å². The van der Waals surface area contributed by atoms with E-state index in [-0.39, 0.29) is 0 Å². The van der Waals surface area contributed by atoms with Gasteiger partial charge in [-0.25, -0.2) is 0 Å². The Balaban J connectivity index is 1.91. The highest BCUT2D eigenvalue weighted by Crippen LogP contribution is 2.23. The van der Waals surface area contributed by atoms with E-state index in [2.05, 4.69) is 0 Å². The minimum Gasteiger partial charge on any atom is -0.490 e. The number of rotatable bonds is 3. The Morgan fingerprint density at radius 3 is 2.19 bits per heavy atom. The van der Waals surface area contributed by atoms with Crippen LogP contribution in [-0.4, -0.2) is 6.10 Å². The standard InChI is InChI=1S/C14H19ClO/c15-11-12-7-9-14(10-8-12)16-13-5-3-1-2-4-6-13/h7-10,13H,1-6,11H2. The molecule has 0 radical (unpaired) electrons. The first kappa shape index (κ1) is 11.8. The van der Waals surface area contributed by atoms with Gasteiger partial charge in [0.2, 0.25) is 0 Å². The summed E-state index contributed by atoms with van der Waals surface area (Å²) in [6.07, 6.45) is 8.18. The lowest BCUT2D eigenvalue weighted by Crippen LogP contribution is -2.14. The molecule has 1 fully saturated rings. The smallest absolute Gasteiger partial charge is 0.119 e. The van der Waals surface area contributed by atoms with Crippen molar-refractivity contribution in [2.45, 2.75) is 50.5 Å². The molecule has 0 amide bonds. The van der Waals surface area contributed by atoms with E-state index in [1.807, 2.05) is 24.3 Å². The fraction of sp³-hybridized carbons (Fsp3) is 0.571. The van der Waals surface area contributed by atoms with E-state index in [0.29, 0.717) is 12.0 Å². The van der Waals surface area contributed by atoms with Crippen molar-refractivity contribution in [2.24, 2.45) is 0 Å². The third-order valence-electron chi connectivity index (χ3n) is 3.18. The Kier molecular flexibility index (Phi) is 4.53. The minimum atomic E-state index is 0.421. The van der Waals surface area contributed by atoms with E-state index in [9.17, 15) is 0 Å². The number of hydrogen-bond donors (Lipinski definition) is 0. The van der Waals surface area contributed by atoms with Crippen LogP contribution in [0.2, 0.25) is 0 Å². The summed E-state index contributed by atoms with van der Waals surface area (Å²) >= 11 is 5.75. The predicted molar refractivity (Wildman–Crippen MR) is 68.1 cm³/mol. The quantitative estimate of drug-likeness (QED) is 0.556. The van der Waals surface area contributed by atoms with Crippen LogP contribution >= 0.6 is 11.6 Å². The van der Waals surface area contributed by atoms with Crippen molar-refractivity contribution in [3.05, 3.63) is 29.8 Å². The molecule has 0 bridgehead atoms. The molecule has 1 aromatic carbocycles. The van der Waals surface area contributed by atoms with Gasteiger partial charge < -0.3 is 4.74 Å². The third kappa shape index (κ3) is 3.41. The molecule has 1 aromatic rings. The topological polar surface area (TPSA) is 9.23 Å². The van der Waals surface area contributed by atoms with E-state index in [4.69, 9.17) is 16.3 Å². The average Bonchev–Trinajstić information content (AvgIpc) is 2.59. The molecule has 88 valence electrons. The highest BCUT2D eigenvalue weighted by molar-refractivity contribution is 6.17. The molecule has 16 heavy (non-hydrogen) atoms. The minimum absolute atomic E-state index is 0.421. The summed E-state index contributed by atoms with van der Waals surface area (Å²) in [5, 5.41) is 0. The zero-order valence-corrected chi connectivity index (χ0v) is 10.4. The number of benzene rings is 1. The second-order valence-corrected chi connectivity index (χ2v) is 4.78. The van der Waals surface area contributed by atoms with Crippen LogP contribution in [0.5, 0.6) is 5.75 Å². The molecule has 1 aliphatic carbocycles.